The van der Waals surface area contributed by atoms with Crippen LogP contribution < -0.4 is 0 Å². The third-order valence-corrected chi connectivity index (χ3v) is 2.57. The van der Waals surface area contributed by atoms with Gasteiger partial charge in [-0.3, -0.25) is 4.98 Å². The summed E-state index contributed by atoms with van der Waals surface area (Å²) in [7, 11) is 0. The molecule has 0 saturated carbocycles. The molecule has 0 aliphatic rings. The fourth-order valence-electron chi connectivity index (χ4n) is 1.71. The summed E-state index contributed by atoms with van der Waals surface area (Å²) in [5, 5.41) is 10.2. The molecule has 0 radical (unpaired) electrons. The van der Waals surface area contributed by atoms with Crippen molar-refractivity contribution in [3.8, 4) is 0 Å². The van der Waals surface area contributed by atoms with Crippen molar-refractivity contribution in [1.29, 1.82) is 0 Å². The minimum absolute atomic E-state index is 0.236. The largest absolute Gasteiger partial charge is 0.396 e. The van der Waals surface area contributed by atoms with Crippen molar-refractivity contribution in [2.45, 2.75) is 13.3 Å². The molecule has 0 amide bonds. The second-order valence-electron chi connectivity index (χ2n) is 4.02. The molecule has 0 spiro atoms. The normalized spacial score (nSPS) is 12.9. The zero-order chi connectivity index (χ0) is 10.7. The number of pyridine rings is 1. The minimum Gasteiger partial charge on any atom is -0.396 e. The molecule has 0 unspecified atom stereocenters. The molecule has 0 aliphatic carbocycles. The average Bonchev–Trinajstić information content (AvgIpc) is 2.29. The van der Waals surface area contributed by atoms with Gasteiger partial charge in [0.2, 0.25) is 0 Å². The van der Waals surface area contributed by atoms with Crippen molar-refractivity contribution in [3.63, 3.8) is 0 Å². The lowest BCUT2D eigenvalue weighted by molar-refractivity contribution is 0.237. The van der Waals surface area contributed by atoms with E-state index in [-0.39, 0.29) is 6.61 Å². The Morgan fingerprint density at radius 1 is 1.33 bits per heavy atom. The van der Waals surface area contributed by atoms with Gasteiger partial charge < -0.3 is 5.11 Å². The van der Waals surface area contributed by atoms with Gasteiger partial charge in [0, 0.05) is 18.2 Å². The SMILES string of the molecule is C[C@@H](CO)Cc1ccc2cccnc2c1. The van der Waals surface area contributed by atoms with Gasteiger partial charge in [0.25, 0.3) is 0 Å². The third-order valence-electron chi connectivity index (χ3n) is 2.57. The van der Waals surface area contributed by atoms with Gasteiger partial charge >= 0.3 is 0 Å². The van der Waals surface area contributed by atoms with Crippen LogP contribution in [0.4, 0.5) is 0 Å². The fourth-order valence-corrected chi connectivity index (χ4v) is 1.71. The van der Waals surface area contributed by atoms with Gasteiger partial charge in [-0.1, -0.05) is 25.1 Å². The molecule has 15 heavy (non-hydrogen) atoms. The molecule has 2 heteroatoms. The summed E-state index contributed by atoms with van der Waals surface area (Å²) < 4.78 is 0. The maximum absolute atomic E-state index is 8.99. The highest BCUT2D eigenvalue weighted by Gasteiger charge is 2.02. The van der Waals surface area contributed by atoms with E-state index in [1.54, 1.807) is 0 Å². The van der Waals surface area contributed by atoms with E-state index in [0.717, 1.165) is 17.3 Å². The van der Waals surface area contributed by atoms with E-state index in [0.29, 0.717) is 5.92 Å². The molecule has 0 fully saturated rings. The molecule has 1 aromatic heterocycles. The van der Waals surface area contributed by atoms with Gasteiger partial charge in [-0.2, -0.15) is 0 Å². The second kappa shape index (κ2) is 4.41. The molecule has 2 nitrogen and oxygen atoms in total. The van der Waals surface area contributed by atoms with E-state index in [1.807, 2.05) is 19.2 Å². The molecule has 2 rings (SSSR count). The van der Waals surface area contributed by atoms with Gasteiger partial charge in [-0.05, 0) is 30.0 Å². The molecule has 0 bridgehead atoms. The first-order valence-electron chi connectivity index (χ1n) is 5.24. The van der Waals surface area contributed by atoms with Crippen molar-refractivity contribution in [1.82, 2.24) is 4.98 Å². The molecule has 0 aliphatic heterocycles. The Morgan fingerprint density at radius 3 is 3.00 bits per heavy atom. The molecule has 0 saturated heterocycles. The summed E-state index contributed by atoms with van der Waals surface area (Å²) in [6, 6.07) is 10.3. The first-order chi connectivity index (χ1) is 7.29. The van der Waals surface area contributed by atoms with Crippen LogP contribution in [0.1, 0.15) is 12.5 Å². The highest BCUT2D eigenvalue weighted by molar-refractivity contribution is 5.78. The second-order valence-corrected chi connectivity index (χ2v) is 4.02. The number of rotatable bonds is 3. The van der Waals surface area contributed by atoms with Gasteiger partial charge in [-0.25, -0.2) is 0 Å². The number of aliphatic hydroxyl groups is 1. The maximum Gasteiger partial charge on any atom is 0.0704 e. The van der Waals surface area contributed by atoms with Crippen LogP contribution >= 0.6 is 0 Å². The first-order valence-corrected chi connectivity index (χ1v) is 5.24. The molecule has 1 aromatic carbocycles. The quantitative estimate of drug-likeness (QED) is 0.827. The maximum atomic E-state index is 8.99. The number of hydrogen-bond donors (Lipinski definition) is 1. The summed E-state index contributed by atoms with van der Waals surface area (Å²) in [6.45, 7) is 2.28. The monoisotopic (exact) mass is 201 g/mol. The Balaban J connectivity index is 2.30. The van der Waals surface area contributed by atoms with E-state index >= 15 is 0 Å². The predicted octanol–water partition coefficient (Wildman–Crippen LogP) is 2.41. The smallest absolute Gasteiger partial charge is 0.0704 e. The third kappa shape index (κ3) is 2.34. The highest BCUT2D eigenvalue weighted by Crippen LogP contribution is 2.15. The number of benzene rings is 1. The van der Waals surface area contributed by atoms with Crippen molar-refractivity contribution in [3.05, 3.63) is 42.1 Å². The zero-order valence-electron chi connectivity index (χ0n) is 8.85. The molecule has 1 heterocycles. The Morgan fingerprint density at radius 2 is 2.20 bits per heavy atom. The zero-order valence-corrected chi connectivity index (χ0v) is 8.85. The van der Waals surface area contributed by atoms with E-state index in [4.69, 9.17) is 5.11 Å². The first kappa shape index (κ1) is 10.1. The highest BCUT2D eigenvalue weighted by atomic mass is 16.3. The minimum atomic E-state index is 0.236. The summed E-state index contributed by atoms with van der Waals surface area (Å²) >= 11 is 0. The standard InChI is InChI=1S/C13H15NO/c1-10(9-15)7-11-4-5-12-3-2-6-14-13(12)8-11/h2-6,8,10,15H,7,9H2,1H3/t10-/m1/s1. The molecular weight excluding hydrogens is 186 g/mol. The molecule has 2 aromatic rings. The topological polar surface area (TPSA) is 33.1 Å². The Hall–Kier alpha value is -1.41. The van der Waals surface area contributed by atoms with E-state index in [9.17, 15) is 0 Å². The number of fused-ring (bicyclic) bond motifs is 1. The number of nitrogens with zero attached hydrogens (tertiary/aromatic N) is 1. The van der Waals surface area contributed by atoms with Crippen LogP contribution in [-0.4, -0.2) is 16.7 Å². The Labute approximate surface area is 89.6 Å². The average molecular weight is 201 g/mol. The van der Waals surface area contributed by atoms with Crippen LogP contribution in [-0.2, 0) is 6.42 Å². The molecule has 1 atom stereocenters. The summed E-state index contributed by atoms with van der Waals surface area (Å²) in [6.07, 6.45) is 2.71. The van der Waals surface area contributed by atoms with Crippen LogP contribution in [0.5, 0.6) is 0 Å². The van der Waals surface area contributed by atoms with Gasteiger partial charge in [0.05, 0.1) is 5.52 Å². The molecule has 1 N–H and O–H groups in total. The number of aromatic nitrogens is 1. The van der Waals surface area contributed by atoms with Crippen LogP contribution in [0.25, 0.3) is 10.9 Å². The lowest BCUT2D eigenvalue weighted by atomic mass is 10.0. The van der Waals surface area contributed by atoms with Crippen LogP contribution in [0.2, 0.25) is 0 Å². The Kier molecular flexibility index (Phi) is 2.97. The fraction of sp³-hybridized carbons (Fsp3) is 0.308. The molecular formula is C13H15NO. The summed E-state index contributed by atoms with van der Waals surface area (Å²) in [5.74, 6) is 0.311. The van der Waals surface area contributed by atoms with Gasteiger partial charge in [-0.15, -0.1) is 0 Å². The van der Waals surface area contributed by atoms with Gasteiger partial charge in [0.1, 0.15) is 0 Å². The van der Waals surface area contributed by atoms with Crippen LogP contribution in [0, 0.1) is 5.92 Å². The van der Waals surface area contributed by atoms with Crippen molar-refractivity contribution >= 4 is 10.9 Å². The van der Waals surface area contributed by atoms with Crippen molar-refractivity contribution < 1.29 is 5.11 Å². The summed E-state index contributed by atoms with van der Waals surface area (Å²) in [5.41, 5.74) is 2.27. The van der Waals surface area contributed by atoms with E-state index in [2.05, 4.69) is 29.2 Å². The van der Waals surface area contributed by atoms with Gasteiger partial charge in [0.15, 0.2) is 0 Å². The number of aliphatic hydroxyl groups excluding tert-OH is 1. The lowest BCUT2D eigenvalue weighted by Crippen LogP contribution is -2.04. The Bertz CT molecular complexity index is 453. The molecule has 78 valence electrons. The van der Waals surface area contributed by atoms with Crippen LogP contribution in [0.15, 0.2) is 36.5 Å². The summed E-state index contributed by atoms with van der Waals surface area (Å²) in [4.78, 5) is 4.31. The van der Waals surface area contributed by atoms with Crippen molar-refractivity contribution in [2.24, 2.45) is 5.92 Å². The predicted molar refractivity (Wildman–Crippen MR) is 61.7 cm³/mol. The van der Waals surface area contributed by atoms with Crippen LogP contribution in [0.3, 0.4) is 0 Å². The van der Waals surface area contributed by atoms with E-state index < -0.39 is 0 Å². The lowest BCUT2D eigenvalue weighted by Gasteiger charge is -2.08. The van der Waals surface area contributed by atoms with E-state index in [1.165, 1.54) is 5.56 Å². The number of hydrogen-bond acceptors (Lipinski definition) is 2. The van der Waals surface area contributed by atoms with Crippen molar-refractivity contribution in [2.75, 3.05) is 6.61 Å².